The van der Waals surface area contributed by atoms with Crippen LogP contribution in [0.3, 0.4) is 0 Å². The molecule has 2 aliphatic heterocycles. The summed E-state index contributed by atoms with van der Waals surface area (Å²) in [6.07, 6.45) is 2.40. The summed E-state index contributed by atoms with van der Waals surface area (Å²) in [5.41, 5.74) is 2.65. The van der Waals surface area contributed by atoms with Crippen LogP contribution in [-0.2, 0) is 25.7 Å². The molecule has 0 saturated carbocycles. The zero-order valence-electron chi connectivity index (χ0n) is 22.1. The number of rotatable bonds is 7. The number of Topliss-reactive ketones (excluding diaryl/α,β-unsaturated/α-hetero) is 1. The molecule has 0 aromatic heterocycles. The number of nitrogens with zero attached hydrogens (tertiary/aromatic N) is 2. The minimum absolute atomic E-state index is 0.00409. The SMILES string of the molecule is C[C@@H](CC(=O)Nc1cccc2c1CN(C1CCC(=O)NC1=O)C2=O)N=CC1=C(O)CC(c2ccccc2)CC1=O. The van der Waals surface area contributed by atoms with Gasteiger partial charge in [-0.15, -0.1) is 0 Å². The van der Waals surface area contributed by atoms with Gasteiger partial charge in [0.2, 0.25) is 17.7 Å². The zero-order chi connectivity index (χ0) is 28.4. The molecule has 4 amide bonds. The van der Waals surface area contributed by atoms with E-state index in [9.17, 15) is 29.1 Å². The average Bonchev–Trinajstić information content (AvgIpc) is 3.25. The highest BCUT2D eigenvalue weighted by atomic mass is 16.3. The van der Waals surface area contributed by atoms with E-state index in [1.807, 2.05) is 30.3 Å². The Hall–Kier alpha value is -4.60. The molecule has 0 radical (unpaired) electrons. The number of carbonyl (C=O) groups is 5. The minimum Gasteiger partial charge on any atom is -0.511 e. The maximum absolute atomic E-state index is 13.0. The number of nitrogens with one attached hydrogen (secondary N) is 2. The summed E-state index contributed by atoms with van der Waals surface area (Å²) < 4.78 is 0. The van der Waals surface area contributed by atoms with Crippen LogP contribution < -0.4 is 10.6 Å². The highest BCUT2D eigenvalue weighted by Gasteiger charge is 2.40. The molecule has 10 nitrogen and oxygen atoms in total. The van der Waals surface area contributed by atoms with Crippen LogP contribution in [0, 0.1) is 0 Å². The number of aliphatic hydroxyl groups is 1. The van der Waals surface area contributed by atoms with Crippen molar-refractivity contribution in [1.29, 1.82) is 0 Å². The van der Waals surface area contributed by atoms with Crippen LogP contribution >= 0.6 is 0 Å². The normalized spacial score (nSPS) is 22.0. The molecule has 206 valence electrons. The number of amides is 4. The summed E-state index contributed by atoms with van der Waals surface area (Å²) in [6, 6.07) is 13.4. The van der Waals surface area contributed by atoms with Crippen molar-refractivity contribution in [2.24, 2.45) is 4.99 Å². The second-order valence-electron chi connectivity index (χ2n) is 10.4. The smallest absolute Gasteiger partial charge is 0.255 e. The summed E-state index contributed by atoms with van der Waals surface area (Å²) in [5, 5.41) is 15.6. The molecule has 2 heterocycles. The number of aliphatic hydroxyl groups excluding tert-OH is 1. The summed E-state index contributed by atoms with van der Waals surface area (Å²) in [5.74, 6) is -1.78. The Morgan fingerprint density at radius 3 is 2.62 bits per heavy atom. The van der Waals surface area contributed by atoms with Crippen LogP contribution in [0.4, 0.5) is 5.69 Å². The minimum atomic E-state index is -0.744. The fraction of sp³-hybridized carbons (Fsp3) is 0.333. The van der Waals surface area contributed by atoms with Crippen LogP contribution in [0.1, 0.15) is 66.4 Å². The standard InChI is InChI=1S/C30H30N4O6/c1-17(31-15-21-25(35)13-19(14-26(21)36)18-6-3-2-4-7-18)12-28(38)32-23-9-5-8-20-22(23)16-34(30(20)40)24-10-11-27(37)33-29(24)39/h2-9,15,17,19,24,35H,10-14,16H2,1H3,(H,32,38)(H,33,37,39)/t17-,19?,24?/m0/s1. The molecule has 3 N–H and O–H groups in total. The van der Waals surface area contributed by atoms with E-state index in [0.717, 1.165) is 5.56 Å². The van der Waals surface area contributed by atoms with Gasteiger partial charge in [-0.25, -0.2) is 0 Å². The van der Waals surface area contributed by atoms with E-state index in [4.69, 9.17) is 0 Å². The van der Waals surface area contributed by atoms with Crippen molar-refractivity contribution in [1.82, 2.24) is 10.2 Å². The molecule has 1 saturated heterocycles. The van der Waals surface area contributed by atoms with Crippen LogP contribution in [-0.4, -0.2) is 57.7 Å². The van der Waals surface area contributed by atoms with Gasteiger partial charge in [0.25, 0.3) is 5.91 Å². The van der Waals surface area contributed by atoms with Gasteiger partial charge in [0, 0.05) is 55.3 Å². The Labute approximate surface area is 231 Å². The molecule has 3 atom stereocenters. The summed E-state index contributed by atoms with van der Waals surface area (Å²) in [6.45, 7) is 1.88. The van der Waals surface area contributed by atoms with Crippen molar-refractivity contribution >= 4 is 41.3 Å². The zero-order valence-corrected chi connectivity index (χ0v) is 22.1. The van der Waals surface area contributed by atoms with Gasteiger partial charge in [0.1, 0.15) is 11.8 Å². The van der Waals surface area contributed by atoms with Gasteiger partial charge in [-0.2, -0.15) is 0 Å². The molecule has 2 unspecified atom stereocenters. The first-order valence-electron chi connectivity index (χ1n) is 13.3. The van der Waals surface area contributed by atoms with Gasteiger partial charge >= 0.3 is 0 Å². The maximum atomic E-state index is 13.0. The number of benzene rings is 2. The van der Waals surface area contributed by atoms with E-state index in [2.05, 4.69) is 15.6 Å². The number of carbonyl (C=O) groups excluding carboxylic acids is 5. The number of fused-ring (bicyclic) bond motifs is 1. The fourth-order valence-electron chi connectivity index (χ4n) is 5.44. The van der Waals surface area contributed by atoms with Gasteiger partial charge in [-0.05, 0) is 37.0 Å². The molecular formula is C30H30N4O6. The van der Waals surface area contributed by atoms with Gasteiger partial charge in [0.15, 0.2) is 5.78 Å². The molecular weight excluding hydrogens is 512 g/mol. The van der Waals surface area contributed by atoms with Crippen molar-refractivity contribution in [2.45, 2.75) is 63.6 Å². The van der Waals surface area contributed by atoms with Gasteiger partial charge < -0.3 is 15.3 Å². The molecule has 2 aromatic carbocycles. The lowest BCUT2D eigenvalue weighted by Crippen LogP contribution is -2.52. The largest absolute Gasteiger partial charge is 0.511 e. The highest BCUT2D eigenvalue weighted by molar-refractivity contribution is 6.14. The van der Waals surface area contributed by atoms with E-state index in [1.54, 1.807) is 25.1 Å². The quantitative estimate of drug-likeness (QED) is 0.362. The van der Waals surface area contributed by atoms with Crippen LogP contribution in [0.25, 0.3) is 0 Å². The molecule has 1 aliphatic carbocycles. The number of anilines is 1. The summed E-state index contributed by atoms with van der Waals surface area (Å²) in [7, 11) is 0. The maximum Gasteiger partial charge on any atom is 0.255 e. The molecule has 0 bridgehead atoms. The first-order valence-corrected chi connectivity index (χ1v) is 13.3. The number of ketones is 1. The van der Waals surface area contributed by atoms with E-state index in [1.165, 1.54) is 11.1 Å². The Morgan fingerprint density at radius 1 is 1.12 bits per heavy atom. The molecule has 5 rings (SSSR count). The predicted molar refractivity (Wildman–Crippen MR) is 147 cm³/mol. The lowest BCUT2D eigenvalue weighted by molar-refractivity contribution is -0.137. The van der Waals surface area contributed by atoms with Gasteiger partial charge in [-0.1, -0.05) is 36.4 Å². The first-order chi connectivity index (χ1) is 19.2. The van der Waals surface area contributed by atoms with E-state index in [-0.39, 0.29) is 73.0 Å². The van der Waals surface area contributed by atoms with Gasteiger partial charge in [0.05, 0.1) is 11.6 Å². The second-order valence-corrected chi connectivity index (χ2v) is 10.4. The topological polar surface area (TPSA) is 145 Å². The van der Waals surface area contributed by atoms with Crippen molar-refractivity contribution < 1.29 is 29.1 Å². The van der Waals surface area contributed by atoms with Crippen molar-refractivity contribution in [2.75, 3.05) is 5.32 Å². The van der Waals surface area contributed by atoms with Crippen molar-refractivity contribution in [3.63, 3.8) is 0 Å². The third-order valence-electron chi connectivity index (χ3n) is 7.55. The Morgan fingerprint density at radius 2 is 1.90 bits per heavy atom. The molecule has 40 heavy (non-hydrogen) atoms. The summed E-state index contributed by atoms with van der Waals surface area (Å²) in [4.78, 5) is 68.2. The summed E-state index contributed by atoms with van der Waals surface area (Å²) >= 11 is 0. The molecule has 2 aromatic rings. The van der Waals surface area contributed by atoms with E-state index < -0.39 is 18.0 Å². The second kappa shape index (κ2) is 11.3. The lowest BCUT2D eigenvalue weighted by Gasteiger charge is -2.29. The predicted octanol–water partition coefficient (Wildman–Crippen LogP) is 3.19. The van der Waals surface area contributed by atoms with E-state index in [0.29, 0.717) is 23.2 Å². The molecule has 1 fully saturated rings. The number of allylic oxidation sites excluding steroid dienone is 2. The number of imide groups is 1. The fourth-order valence-corrected chi connectivity index (χ4v) is 5.44. The number of aliphatic imine (C=N–C) groups is 1. The van der Waals surface area contributed by atoms with E-state index >= 15 is 0 Å². The third-order valence-corrected chi connectivity index (χ3v) is 7.55. The number of hydrogen-bond donors (Lipinski definition) is 3. The molecule has 10 heteroatoms. The Balaban J connectivity index is 1.21. The third kappa shape index (κ3) is 5.56. The average molecular weight is 543 g/mol. The Bertz CT molecular complexity index is 1450. The Kier molecular flexibility index (Phi) is 7.59. The van der Waals surface area contributed by atoms with Crippen LogP contribution in [0.15, 0.2) is 64.9 Å². The lowest BCUT2D eigenvalue weighted by atomic mass is 9.83. The highest BCUT2D eigenvalue weighted by Crippen LogP contribution is 2.34. The number of piperidine rings is 1. The van der Waals surface area contributed by atoms with Crippen molar-refractivity contribution in [3.05, 3.63) is 76.6 Å². The molecule has 3 aliphatic rings. The van der Waals surface area contributed by atoms with Crippen LogP contribution in [0.5, 0.6) is 0 Å². The monoisotopic (exact) mass is 542 g/mol. The number of hydrogen-bond acceptors (Lipinski definition) is 7. The molecule has 0 spiro atoms. The first kappa shape index (κ1) is 27.0. The van der Waals surface area contributed by atoms with Crippen molar-refractivity contribution in [3.8, 4) is 0 Å². The van der Waals surface area contributed by atoms with Crippen LogP contribution in [0.2, 0.25) is 0 Å². The van der Waals surface area contributed by atoms with Gasteiger partial charge in [-0.3, -0.25) is 34.3 Å².